The molecule has 0 amide bonds. The molecule has 1 aliphatic rings. The van der Waals surface area contributed by atoms with Crippen LogP contribution in [0.1, 0.15) is 13.3 Å². The lowest BCUT2D eigenvalue weighted by Gasteiger charge is -2.11. The molecule has 0 saturated carbocycles. The number of hydrogen-bond donors (Lipinski definition) is 1. The number of hydrogen-bond acceptors (Lipinski definition) is 4. The van der Waals surface area contributed by atoms with Gasteiger partial charge in [-0.25, -0.2) is 0 Å². The van der Waals surface area contributed by atoms with Crippen molar-refractivity contribution < 1.29 is 4.42 Å². The minimum Gasteiger partial charge on any atom is -0.423 e. The molecule has 1 aromatic carbocycles. The van der Waals surface area contributed by atoms with Crippen LogP contribution in [0.4, 0.5) is 11.7 Å². The number of nitrogens with zero attached hydrogens (tertiary/aromatic N) is 2. The molecular formula is C12H15N3O. The minimum atomic E-state index is 0.713. The van der Waals surface area contributed by atoms with E-state index >= 15 is 0 Å². The molecule has 1 atom stereocenters. The average molecular weight is 217 g/mol. The molecule has 3 rings (SSSR count). The molecule has 0 bridgehead atoms. The van der Waals surface area contributed by atoms with Crippen molar-refractivity contribution in [2.24, 2.45) is 5.92 Å². The second-order valence-corrected chi connectivity index (χ2v) is 4.56. The summed E-state index contributed by atoms with van der Waals surface area (Å²) < 4.78 is 5.72. The number of aromatic nitrogens is 1. The smallest absolute Gasteiger partial charge is 0.298 e. The monoisotopic (exact) mass is 217 g/mol. The molecule has 0 aliphatic carbocycles. The van der Waals surface area contributed by atoms with Crippen molar-refractivity contribution in [3.8, 4) is 0 Å². The predicted octanol–water partition coefficient (Wildman–Crippen LogP) is 2.26. The first-order valence-electron chi connectivity index (χ1n) is 5.63. The van der Waals surface area contributed by atoms with Gasteiger partial charge in [0.05, 0.1) is 0 Å². The molecule has 2 heterocycles. The van der Waals surface area contributed by atoms with E-state index in [9.17, 15) is 0 Å². The summed E-state index contributed by atoms with van der Waals surface area (Å²) in [5.41, 5.74) is 8.07. The zero-order chi connectivity index (χ0) is 11.1. The number of benzene rings is 1. The van der Waals surface area contributed by atoms with Gasteiger partial charge in [-0.15, -0.1) is 0 Å². The quantitative estimate of drug-likeness (QED) is 0.744. The molecule has 1 aliphatic heterocycles. The molecule has 4 nitrogen and oxygen atoms in total. The Hall–Kier alpha value is -1.71. The van der Waals surface area contributed by atoms with E-state index in [1.807, 2.05) is 18.2 Å². The maximum atomic E-state index is 5.72. The minimum absolute atomic E-state index is 0.713. The molecule has 1 unspecified atom stereocenters. The molecular weight excluding hydrogens is 202 g/mol. The first-order valence-corrected chi connectivity index (χ1v) is 5.63. The van der Waals surface area contributed by atoms with Crippen molar-refractivity contribution in [2.45, 2.75) is 13.3 Å². The molecule has 0 spiro atoms. The third kappa shape index (κ3) is 1.50. The van der Waals surface area contributed by atoms with Crippen LogP contribution in [-0.2, 0) is 0 Å². The van der Waals surface area contributed by atoms with Crippen LogP contribution in [-0.4, -0.2) is 18.1 Å². The van der Waals surface area contributed by atoms with Crippen molar-refractivity contribution >= 4 is 22.8 Å². The van der Waals surface area contributed by atoms with Gasteiger partial charge >= 0.3 is 0 Å². The zero-order valence-corrected chi connectivity index (χ0v) is 9.31. The molecule has 0 radical (unpaired) electrons. The SMILES string of the molecule is CC1CCN(c2nc3ccc(N)cc3o2)C1. The van der Waals surface area contributed by atoms with E-state index in [-0.39, 0.29) is 0 Å². The predicted molar refractivity (Wildman–Crippen MR) is 64.4 cm³/mol. The lowest BCUT2D eigenvalue weighted by molar-refractivity contribution is 0.579. The van der Waals surface area contributed by atoms with E-state index in [4.69, 9.17) is 10.2 Å². The molecule has 2 N–H and O–H groups in total. The Morgan fingerprint density at radius 2 is 2.38 bits per heavy atom. The van der Waals surface area contributed by atoms with E-state index in [0.29, 0.717) is 5.69 Å². The fourth-order valence-corrected chi connectivity index (χ4v) is 2.17. The molecule has 84 valence electrons. The van der Waals surface area contributed by atoms with Crippen molar-refractivity contribution in [3.05, 3.63) is 18.2 Å². The van der Waals surface area contributed by atoms with Gasteiger partial charge in [-0.3, -0.25) is 0 Å². The molecule has 1 aromatic heterocycles. The van der Waals surface area contributed by atoms with Crippen LogP contribution in [0.5, 0.6) is 0 Å². The summed E-state index contributed by atoms with van der Waals surface area (Å²) >= 11 is 0. The molecule has 1 fully saturated rings. The maximum absolute atomic E-state index is 5.72. The van der Waals surface area contributed by atoms with Gasteiger partial charge in [0.15, 0.2) is 5.58 Å². The maximum Gasteiger partial charge on any atom is 0.298 e. The second-order valence-electron chi connectivity index (χ2n) is 4.56. The van der Waals surface area contributed by atoms with E-state index in [1.54, 1.807) is 0 Å². The second kappa shape index (κ2) is 3.40. The van der Waals surface area contributed by atoms with Crippen LogP contribution < -0.4 is 10.6 Å². The normalized spacial score (nSPS) is 20.8. The molecule has 4 heteroatoms. The van der Waals surface area contributed by atoms with E-state index in [1.165, 1.54) is 6.42 Å². The van der Waals surface area contributed by atoms with Gasteiger partial charge in [-0.2, -0.15) is 4.98 Å². The fourth-order valence-electron chi connectivity index (χ4n) is 2.17. The number of nitrogen functional groups attached to an aromatic ring is 1. The summed E-state index contributed by atoms with van der Waals surface area (Å²) in [6, 6.07) is 6.30. The number of rotatable bonds is 1. The van der Waals surface area contributed by atoms with Gasteiger partial charge in [0.1, 0.15) is 5.52 Å². The van der Waals surface area contributed by atoms with E-state index in [2.05, 4.69) is 16.8 Å². The van der Waals surface area contributed by atoms with Crippen LogP contribution in [0.25, 0.3) is 11.1 Å². The lowest BCUT2D eigenvalue weighted by atomic mass is 10.2. The Kier molecular flexibility index (Phi) is 2.02. The molecule has 1 saturated heterocycles. The van der Waals surface area contributed by atoms with Gasteiger partial charge in [-0.1, -0.05) is 6.92 Å². The van der Waals surface area contributed by atoms with Gasteiger partial charge in [0.25, 0.3) is 6.01 Å². The van der Waals surface area contributed by atoms with Gasteiger partial charge in [-0.05, 0) is 24.5 Å². The highest BCUT2D eigenvalue weighted by Gasteiger charge is 2.22. The highest BCUT2D eigenvalue weighted by atomic mass is 16.4. The zero-order valence-electron chi connectivity index (χ0n) is 9.31. The van der Waals surface area contributed by atoms with Gasteiger partial charge in [0, 0.05) is 24.8 Å². The fraction of sp³-hybridized carbons (Fsp3) is 0.417. The summed E-state index contributed by atoms with van der Waals surface area (Å²) in [6.07, 6.45) is 1.21. The molecule has 16 heavy (non-hydrogen) atoms. The summed E-state index contributed by atoms with van der Waals surface area (Å²) in [7, 11) is 0. The van der Waals surface area contributed by atoms with Gasteiger partial charge in [0.2, 0.25) is 0 Å². The highest BCUT2D eigenvalue weighted by molar-refractivity contribution is 5.78. The Balaban J connectivity index is 1.99. The number of nitrogens with two attached hydrogens (primary N) is 1. The standard InChI is InChI=1S/C12H15N3O/c1-8-4-5-15(7-8)12-14-10-3-2-9(13)6-11(10)16-12/h2-3,6,8H,4-5,7,13H2,1H3. The first-order chi connectivity index (χ1) is 7.72. The van der Waals surface area contributed by atoms with E-state index in [0.717, 1.165) is 36.1 Å². The summed E-state index contributed by atoms with van der Waals surface area (Å²) in [5.74, 6) is 0.722. The number of oxazole rings is 1. The Labute approximate surface area is 94.0 Å². The van der Waals surface area contributed by atoms with Crippen LogP contribution in [0.15, 0.2) is 22.6 Å². The Bertz CT molecular complexity index is 520. The van der Waals surface area contributed by atoms with Crippen molar-refractivity contribution in [2.75, 3.05) is 23.7 Å². The Morgan fingerprint density at radius 3 is 3.12 bits per heavy atom. The highest BCUT2D eigenvalue weighted by Crippen LogP contribution is 2.27. The first kappa shape index (κ1) is 9.51. The summed E-state index contributed by atoms with van der Waals surface area (Å²) in [5, 5.41) is 0. The van der Waals surface area contributed by atoms with Crippen LogP contribution >= 0.6 is 0 Å². The topological polar surface area (TPSA) is 55.3 Å². The number of anilines is 2. The lowest BCUT2D eigenvalue weighted by Crippen LogP contribution is -2.19. The third-order valence-electron chi connectivity index (χ3n) is 3.10. The van der Waals surface area contributed by atoms with Crippen molar-refractivity contribution in [1.82, 2.24) is 4.98 Å². The third-order valence-corrected chi connectivity index (χ3v) is 3.10. The van der Waals surface area contributed by atoms with Crippen molar-refractivity contribution in [1.29, 1.82) is 0 Å². The van der Waals surface area contributed by atoms with Crippen molar-refractivity contribution in [3.63, 3.8) is 0 Å². The molecule has 2 aromatic rings. The average Bonchev–Trinajstić information content (AvgIpc) is 2.83. The van der Waals surface area contributed by atoms with Crippen LogP contribution in [0.2, 0.25) is 0 Å². The van der Waals surface area contributed by atoms with E-state index < -0.39 is 0 Å². The van der Waals surface area contributed by atoms with Gasteiger partial charge < -0.3 is 15.1 Å². The summed E-state index contributed by atoms with van der Waals surface area (Å²) in [6.45, 7) is 4.31. The Morgan fingerprint density at radius 1 is 1.50 bits per heavy atom. The van der Waals surface area contributed by atoms with Crippen LogP contribution in [0.3, 0.4) is 0 Å². The summed E-state index contributed by atoms with van der Waals surface area (Å²) in [4.78, 5) is 6.67. The number of fused-ring (bicyclic) bond motifs is 1. The van der Waals surface area contributed by atoms with Crippen LogP contribution in [0, 0.1) is 5.92 Å². The largest absolute Gasteiger partial charge is 0.423 e.